The van der Waals surface area contributed by atoms with Crippen LogP contribution in [0.15, 0.2) is 71.5 Å². The summed E-state index contributed by atoms with van der Waals surface area (Å²) in [6, 6.07) is 22.0. The Hall–Kier alpha value is -2.44. The maximum atomic E-state index is 14.2. The second-order valence-corrected chi connectivity index (χ2v) is 9.34. The van der Waals surface area contributed by atoms with Crippen molar-refractivity contribution in [3.05, 3.63) is 94.5 Å². The highest BCUT2D eigenvalue weighted by atomic mass is 31.2. The van der Waals surface area contributed by atoms with Gasteiger partial charge in [-0.2, -0.15) is 0 Å². The van der Waals surface area contributed by atoms with E-state index in [0.29, 0.717) is 0 Å². The van der Waals surface area contributed by atoms with E-state index in [-0.39, 0.29) is 0 Å². The molecule has 0 radical (unpaired) electrons. The molecule has 0 aromatic heterocycles. The average Bonchev–Trinajstić information content (AvgIpc) is 2.59. The third-order valence-electron chi connectivity index (χ3n) is 4.28. The van der Waals surface area contributed by atoms with Crippen LogP contribution in [0.3, 0.4) is 0 Å². The first kappa shape index (κ1) is 18.4. The van der Waals surface area contributed by atoms with Gasteiger partial charge in [-0.3, -0.25) is 4.57 Å². The first-order valence-electron chi connectivity index (χ1n) is 8.75. The molecular formula is C23H24NOP. The molecule has 0 atom stereocenters. The third-order valence-corrected chi connectivity index (χ3v) is 6.64. The van der Waals surface area contributed by atoms with Crippen LogP contribution in [0.2, 0.25) is 0 Å². The van der Waals surface area contributed by atoms with Crippen molar-refractivity contribution in [1.29, 1.82) is 0 Å². The standard InChI is InChI=1S/C23H24NOP/c1-17-10-18(2)13-22(12-17)26(25,23-14-19(3)11-20(4)15-23)24-16-21-8-6-5-7-9-21/h5-16H,1-4H3/b24-16+. The summed E-state index contributed by atoms with van der Waals surface area (Å²) in [5.74, 6) is 0. The highest BCUT2D eigenvalue weighted by Crippen LogP contribution is 2.45. The van der Waals surface area contributed by atoms with Gasteiger partial charge in [0.25, 0.3) is 0 Å². The summed E-state index contributed by atoms with van der Waals surface area (Å²) in [5, 5.41) is 1.57. The summed E-state index contributed by atoms with van der Waals surface area (Å²) in [4.78, 5) is 0. The van der Waals surface area contributed by atoms with Gasteiger partial charge in [0.05, 0.1) is 0 Å². The number of rotatable bonds is 4. The Balaban J connectivity index is 2.21. The van der Waals surface area contributed by atoms with Gasteiger partial charge in [0.1, 0.15) is 0 Å². The summed E-state index contributed by atoms with van der Waals surface area (Å²) in [5.41, 5.74) is 5.33. The van der Waals surface area contributed by atoms with Crippen molar-refractivity contribution in [3.63, 3.8) is 0 Å². The van der Waals surface area contributed by atoms with Gasteiger partial charge >= 0.3 is 0 Å². The first-order valence-corrected chi connectivity index (χ1v) is 10.4. The normalized spacial score (nSPS) is 11.8. The summed E-state index contributed by atoms with van der Waals surface area (Å²) >= 11 is 0. The zero-order valence-corrected chi connectivity index (χ0v) is 16.6. The molecule has 0 N–H and O–H groups in total. The minimum Gasteiger partial charge on any atom is -0.288 e. The van der Waals surface area contributed by atoms with Crippen LogP contribution in [-0.4, -0.2) is 6.21 Å². The summed E-state index contributed by atoms with van der Waals surface area (Å²) in [7, 11) is -3.13. The van der Waals surface area contributed by atoms with Crippen molar-refractivity contribution in [2.24, 2.45) is 4.76 Å². The molecule has 0 fully saturated rings. The largest absolute Gasteiger partial charge is 0.288 e. The number of aryl methyl sites for hydroxylation is 4. The molecule has 0 spiro atoms. The molecule has 0 aliphatic heterocycles. The Morgan fingerprint density at radius 3 is 1.54 bits per heavy atom. The Morgan fingerprint density at radius 2 is 1.12 bits per heavy atom. The summed E-state index contributed by atoms with van der Waals surface area (Å²) < 4.78 is 18.9. The molecule has 3 aromatic rings. The maximum absolute atomic E-state index is 14.2. The molecule has 0 saturated carbocycles. The number of nitrogens with zero attached hydrogens (tertiary/aromatic N) is 1. The van der Waals surface area contributed by atoms with Crippen LogP contribution in [0.5, 0.6) is 0 Å². The summed E-state index contributed by atoms with van der Waals surface area (Å²) in [6.45, 7) is 8.12. The lowest BCUT2D eigenvalue weighted by atomic mass is 10.2. The molecule has 0 unspecified atom stereocenters. The van der Waals surface area contributed by atoms with E-state index in [1.54, 1.807) is 6.21 Å². The molecule has 0 aliphatic carbocycles. The van der Waals surface area contributed by atoms with Gasteiger partial charge in [0.2, 0.25) is 7.29 Å². The van der Waals surface area contributed by atoms with E-state index in [0.717, 1.165) is 38.4 Å². The molecule has 0 saturated heterocycles. The molecule has 0 aliphatic rings. The van der Waals surface area contributed by atoms with Crippen molar-refractivity contribution < 1.29 is 4.57 Å². The molecule has 0 heterocycles. The van der Waals surface area contributed by atoms with E-state index in [4.69, 9.17) is 0 Å². The van der Waals surface area contributed by atoms with Crippen molar-refractivity contribution >= 4 is 24.1 Å². The fraction of sp³-hybridized carbons (Fsp3) is 0.174. The van der Waals surface area contributed by atoms with Gasteiger partial charge in [0, 0.05) is 16.8 Å². The molecule has 26 heavy (non-hydrogen) atoms. The molecular weight excluding hydrogens is 337 g/mol. The van der Waals surface area contributed by atoms with Gasteiger partial charge in [-0.1, -0.05) is 64.7 Å². The molecule has 0 amide bonds. The molecule has 3 heteroatoms. The average molecular weight is 361 g/mol. The topological polar surface area (TPSA) is 29.4 Å². The third kappa shape index (κ3) is 4.03. The molecule has 0 bridgehead atoms. The molecule has 132 valence electrons. The fourth-order valence-corrected chi connectivity index (χ4v) is 5.60. The van der Waals surface area contributed by atoms with E-state index in [2.05, 4.69) is 16.9 Å². The monoisotopic (exact) mass is 361 g/mol. The molecule has 3 aromatic carbocycles. The van der Waals surface area contributed by atoms with E-state index < -0.39 is 7.29 Å². The van der Waals surface area contributed by atoms with Crippen LogP contribution in [0.1, 0.15) is 27.8 Å². The van der Waals surface area contributed by atoms with Gasteiger partial charge in [-0.25, -0.2) is 4.76 Å². The Morgan fingerprint density at radius 1 is 0.692 bits per heavy atom. The lowest BCUT2D eigenvalue weighted by molar-refractivity contribution is 0.588. The van der Waals surface area contributed by atoms with E-state index in [1.165, 1.54) is 0 Å². The van der Waals surface area contributed by atoms with Gasteiger partial charge < -0.3 is 0 Å². The number of benzene rings is 3. The van der Waals surface area contributed by atoms with Crippen LogP contribution < -0.4 is 10.6 Å². The van der Waals surface area contributed by atoms with Crippen LogP contribution in [0, 0.1) is 27.7 Å². The SMILES string of the molecule is Cc1cc(C)cc(P(=O)(/N=C/c2ccccc2)c2cc(C)cc(C)c2)c1. The number of hydrogen-bond acceptors (Lipinski definition) is 1. The maximum Gasteiger partial charge on any atom is 0.247 e. The van der Waals surface area contributed by atoms with Crippen molar-refractivity contribution in [2.45, 2.75) is 27.7 Å². The van der Waals surface area contributed by atoms with Crippen LogP contribution in [0.25, 0.3) is 0 Å². The Kier molecular flexibility index (Phi) is 5.25. The van der Waals surface area contributed by atoms with Gasteiger partial charge in [0.15, 0.2) is 0 Å². The summed E-state index contributed by atoms with van der Waals surface area (Å²) in [6.07, 6.45) is 1.73. The fourth-order valence-electron chi connectivity index (χ4n) is 3.22. The quantitative estimate of drug-likeness (QED) is 0.460. The lowest BCUT2D eigenvalue weighted by Crippen LogP contribution is -2.16. The van der Waals surface area contributed by atoms with Crippen molar-refractivity contribution in [1.82, 2.24) is 0 Å². The van der Waals surface area contributed by atoms with Crippen LogP contribution >= 0.6 is 7.29 Å². The van der Waals surface area contributed by atoms with Gasteiger partial charge in [-0.05, 0) is 57.5 Å². The predicted molar refractivity (Wildman–Crippen MR) is 113 cm³/mol. The van der Waals surface area contributed by atoms with Crippen LogP contribution in [0.4, 0.5) is 0 Å². The van der Waals surface area contributed by atoms with Crippen LogP contribution in [-0.2, 0) is 4.57 Å². The first-order chi connectivity index (χ1) is 12.4. The van der Waals surface area contributed by atoms with E-state index in [9.17, 15) is 4.57 Å². The zero-order valence-electron chi connectivity index (χ0n) is 15.7. The van der Waals surface area contributed by atoms with E-state index >= 15 is 0 Å². The van der Waals surface area contributed by atoms with Crippen molar-refractivity contribution in [3.8, 4) is 0 Å². The highest BCUT2D eigenvalue weighted by Gasteiger charge is 2.27. The zero-order chi connectivity index (χ0) is 18.7. The van der Waals surface area contributed by atoms with Crippen molar-refractivity contribution in [2.75, 3.05) is 0 Å². The Bertz CT molecular complexity index is 910. The predicted octanol–water partition coefficient (Wildman–Crippen LogP) is 5.27. The minimum absolute atomic E-state index is 0.784. The minimum atomic E-state index is -3.13. The van der Waals surface area contributed by atoms with Gasteiger partial charge in [-0.15, -0.1) is 0 Å². The molecule has 2 nitrogen and oxygen atoms in total. The highest BCUT2D eigenvalue weighted by molar-refractivity contribution is 7.77. The second kappa shape index (κ2) is 7.43. The lowest BCUT2D eigenvalue weighted by Gasteiger charge is -2.17. The second-order valence-electron chi connectivity index (χ2n) is 6.92. The number of hydrogen-bond donors (Lipinski definition) is 0. The van der Waals surface area contributed by atoms with E-state index in [1.807, 2.05) is 82.3 Å². The smallest absolute Gasteiger partial charge is 0.247 e. The molecule has 3 rings (SSSR count). The Labute approximate surface area is 156 Å².